The van der Waals surface area contributed by atoms with E-state index in [1.807, 2.05) is 5.32 Å². The molecule has 0 spiro atoms. The maximum Gasteiger partial charge on any atom is 0.413 e. The number of amides is 2. The number of carbonyl (C=O) groups excluding carboxylic acids is 3. The first-order chi connectivity index (χ1) is 13.1. The van der Waals surface area contributed by atoms with Gasteiger partial charge in [-0.2, -0.15) is 0 Å². The molecule has 2 amide bonds. The topological polar surface area (TPSA) is 108 Å². The van der Waals surface area contributed by atoms with Gasteiger partial charge in [0.2, 0.25) is 0 Å². The molecule has 8 nitrogen and oxygen atoms in total. The van der Waals surface area contributed by atoms with Crippen molar-refractivity contribution in [3.8, 4) is 11.5 Å². The Morgan fingerprint density at radius 1 is 1.11 bits per heavy atom. The molecule has 8 heteroatoms. The van der Waals surface area contributed by atoms with Gasteiger partial charge in [-0.1, -0.05) is 18.2 Å². The fraction of sp³-hybridized carbons (Fsp3) is 0.158. The molecule has 27 heavy (non-hydrogen) atoms. The Hall–Kier alpha value is -3.68. The number of furan rings is 1. The van der Waals surface area contributed by atoms with Crippen LogP contribution in [0.5, 0.6) is 0 Å². The van der Waals surface area contributed by atoms with Crippen molar-refractivity contribution < 1.29 is 28.3 Å². The molecule has 3 rings (SSSR count). The van der Waals surface area contributed by atoms with Crippen LogP contribution in [0.2, 0.25) is 0 Å². The first kappa shape index (κ1) is 18.1. The maximum atomic E-state index is 12.5. The van der Waals surface area contributed by atoms with E-state index in [0.29, 0.717) is 22.4 Å². The van der Waals surface area contributed by atoms with Crippen molar-refractivity contribution in [1.29, 1.82) is 0 Å². The summed E-state index contributed by atoms with van der Waals surface area (Å²) < 4.78 is 15.0. The molecule has 2 aromatic heterocycles. The summed E-state index contributed by atoms with van der Waals surface area (Å²) in [6, 6.07) is 12.0. The number of nitrogens with one attached hydrogen (secondary N) is 1. The molecular formula is C19H16N2O6. The molecule has 0 aliphatic heterocycles. The van der Waals surface area contributed by atoms with Crippen molar-refractivity contribution in [3.05, 3.63) is 54.3 Å². The predicted octanol–water partition coefficient (Wildman–Crippen LogP) is 2.92. The van der Waals surface area contributed by atoms with Gasteiger partial charge in [0.25, 0.3) is 5.91 Å². The van der Waals surface area contributed by atoms with Gasteiger partial charge in [-0.15, -0.1) is 0 Å². The first-order valence-corrected chi connectivity index (χ1v) is 8.16. The van der Waals surface area contributed by atoms with Gasteiger partial charge in [0.05, 0.1) is 24.0 Å². The summed E-state index contributed by atoms with van der Waals surface area (Å²) in [6.45, 7) is 1.11. The highest BCUT2D eigenvalue weighted by Crippen LogP contribution is 2.25. The van der Waals surface area contributed by atoms with Crippen molar-refractivity contribution in [2.24, 2.45) is 0 Å². The Morgan fingerprint density at radius 3 is 2.67 bits per heavy atom. The SMILES string of the molecule is CCOC(=O)NC(=O)COC(=O)c1cc(-c2ccco2)nc2ccccc12. The van der Waals surface area contributed by atoms with Crippen LogP contribution < -0.4 is 5.32 Å². The van der Waals surface area contributed by atoms with E-state index in [1.165, 1.54) is 12.3 Å². The van der Waals surface area contributed by atoms with Crippen LogP contribution in [0.15, 0.2) is 53.1 Å². The van der Waals surface area contributed by atoms with E-state index in [1.54, 1.807) is 43.3 Å². The molecule has 0 saturated carbocycles. The monoisotopic (exact) mass is 368 g/mol. The number of aromatic nitrogens is 1. The van der Waals surface area contributed by atoms with Crippen LogP contribution in [-0.2, 0) is 14.3 Å². The second-order valence-corrected chi connectivity index (χ2v) is 5.39. The van der Waals surface area contributed by atoms with Gasteiger partial charge in [0.1, 0.15) is 5.69 Å². The van der Waals surface area contributed by atoms with Gasteiger partial charge in [-0.05, 0) is 31.2 Å². The van der Waals surface area contributed by atoms with Crippen molar-refractivity contribution in [2.75, 3.05) is 13.2 Å². The number of imide groups is 1. The van der Waals surface area contributed by atoms with E-state index in [9.17, 15) is 14.4 Å². The number of hydrogen-bond acceptors (Lipinski definition) is 7. The van der Waals surface area contributed by atoms with Gasteiger partial charge in [0.15, 0.2) is 12.4 Å². The lowest BCUT2D eigenvalue weighted by atomic mass is 10.1. The molecule has 1 N–H and O–H groups in total. The van der Waals surface area contributed by atoms with Crippen LogP contribution in [0.4, 0.5) is 4.79 Å². The summed E-state index contributed by atoms with van der Waals surface area (Å²) in [5.74, 6) is -1.01. The highest BCUT2D eigenvalue weighted by molar-refractivity contribution is 6.05. The first-order valence-electron chi connectivity index (χ1n) is 8.16. The molecule has 0 atom stereocenters. The summed E-state index contributed by atoms with van der Waals surface area (Å²) in [6.07, 6.45) is 0.609. The molecule has 2 heterocycles. The van der Waals surface area contributed by atoms with Crippen molar-refractivity contribution in [2.45, 2.75) is 6.92 Å². The number of rotatable bonds is 5. The maximum absolute atomic E-state index is 12.5. The zero-order chi connectivity index (χ0) is 19.2. The molecule has 0 aliphatic rings. The largest absolute Gasteiger partial charge is 0.463 e. The third kappa shape index (κ3) is 4.30. The number of carbonyl (C=O) groups is 3. The molecule has 0 unspecified atom stereocenters. The average Bonchev–Trinajstić information content (AvgIpc) is 3.20. The predicted molar refractivity (Wildman–Crippen MR) is 94.9 cm³/mol. The molecule has 0 aliphatic carbocycles. The number of nitrogens with zero attached hydrogens (tertiary/aromatic N) is 1. The van der Waals surface area contributed by atoms with Crippen LogP contribution in [0, 0.1) is 0 Å². The molecule has 0 saturated heterocycles. The van der Waals surface area contributed by atoms with Crippen LogP contribution in [0.3, 0.4) is 0 Å². The van der Waals surface area contributed by atoms with Gasteiger partial charge in [-0.25, -0.2) is 14.6 Å². The fourth-order valence-electron chi connectivity index (χ4n) is 2.42. The third-order valence-corrected chi connectivity index (χ3v) is 3.56. The van der Waals surface area contributed by atoms with E-state index in [2.05, 4.69) is 9.72 Å². The number of ether oxygens (including phenoxy) is 2. The number of esters is 1. The van der Waals surface area contributed by atoms with Gasteiger partial charge in [0, 0.05) is 5.39 Å². The number of alkyl carbamates (subject to hydrolysis) is 1. The second-order valence-electron chi connectivity index (χ2n) is 5.39. The smallest absolute Gasteiger partial charge is 0.413 e. The summed E-state index contributed by atoms with van der Waals surface area (Å²) in [4.78, 5) is 39.9. The summed E-state index contributed by atoms with van der Waals surface area (Å²) in [7, 11) is 0. The highest BCUT2D eigenvalue weighted by atomic mass is 16.6. The number of benzene rings is 1. The molecule has 0 bridgehead atoms. The summed E-state index contributed by atoms with van der Waals surface area (Å²) in [5.41, 5.74) is 1.27. The van der Waals surface area contributed by atoms with Crippen LogP contribution in [0.1, 0.15) is 17.3 Å². The Bertz CT molecular complexity index is 981. The lowest BCUT2D eigenvalue weighted by Gasteiger charge is -2.09. The Morgan fingerprint density at radius 2 is 1.93 bits per heavy atom. The molecule has 0 fully saturated rings. The zero-order valence-corrected chi connectivity index (χ0v) is 14.4. The molecule has 0 radical (unpaired) electrons. The number of fused-ring (bicyclic) bond motifs is 1. The van der Waals surface area contributed by atoms with E-state index >= 15 is 0 Å². The van der Waals surface area contributed by atoms with E-state index in [4.69, 9.17) is 9.15 Å². The number of para-hydroxylation sites is 1. The normalized spacial score (nSPS) is 10.4. The fourth-order valence-corrected chi connectivity index (χ4v) is 2.42. The van der Waals surface area contributed by atoms with Gasteiger partial charge < -0.3 is 13.9 Å². The Kier molecular flexibility index (Phi) is 5.46. The molecular weight excluding hydrogens is 352 g/mol. The molecule has 3 aromatic rings. The minimum absolute atomic E-state index is 0.122. The summed E-state index contributed by atoms with van der Waals surface area (Å²) in [5, 5.41) is 2.53. The molecule has 1 aromatic carbocycles. The lowest BCUT2D eigenvalue weighted by molar-refractivity contribution is -0.123. The van der Waals surface area contributed by atoms with Crippen LogP contribution in [-0.4, -0.2) is 36.2 Å². The quantitative estimate of drug-likeness (QED) is 0.690. The van der Waals surface area contributed by atoms with Gasteiger partial charge >= 0.3 is 12.1 Å². The van der Waals surface area contributed by atoms with Crippen molar-refractivity contribution in [3.63, 3.8) is 0 Å². The van der Waals surface area contributed by atoms with Crippen molar-refractivity contribution >= 4 is 28.9 Å². The third-order valence-electron chi connectivity index (χ3n) is 3.56. The Balaban J connectivity index is 1.81. The van der Waals surface area contributed by atoms with Crippen molar-refractivity contribution in [1.82, 2.24) is 10.3 Å². The standard InChI is InChI=1S/C19H16N2O6/c1-2-25-19(24)21-17(22)11-27-18(23)13-10-15(16-8-5-9-26-16)20-14-7-4-3-6-12(13)14/h3-10H,2,11H2,1H3,(H,21,22,24). The number of hydrogen-bond donors (Lipinski definition) is 1. The Labute approximate surface area is 154 Å². The van der Waals surface area contributed by atoms with Crippen LogP contribution in [0.25, 0.3) is 22.4 Å². The minimum atomic E-state index is -0.895. The second kappa shape index (κ2) is 8.13. The average molecular weight is 368 g/mol. The van der Waals surface area contributed by atoms with Gasteiger partial charge in [-0.3, -0.25) is 10.1 Å². The minimum Gasteiger partial charge on any atom is -0.463 e. The van der Waals surface area contributed by atoms with E-state index < -0.39 is 24.6 Å². The lowest BCUT2D eigenvalue weighted by Crippen LogP contribution is -2.34. The molecule has 138 valence electrons. The highest BCUT2D eigenvalue weighted by Gasteiger charge is 2.18. The van der Waals surface area contributed by atoms with E-state index in [-0.39, 0.29) is 12.2 Å². The number of pyridine rings is 1. The van der Waals surface area contributed by atoms with E-state index in [0.717, 1.165) is 0 Å². The summed E-state index contributed by atoms with van der Waals surface area (Å²) >= 11 is 0. The van der Waals surface area contributed by atoms with Crippen LogP contribution >= 0.6 is 0 Å². The zero-order valence-electron chi connectivity index (χ0n) is 14.4.